The van der Waals surface area contributed by atoms with E-state index in [0.29, 0.717) is 23.4 Å². The average Bonchev–Trinajstić information content (AvgIpc) is 2.84. The minimum absolute atomic E-state index is 0.378. The van der Waals surface area contributed by atoms with Gasteiger partial charge in [0.05, 0.1) is 23.1 Å². The number of furan rings is 1. The van der Waals surface area contributed by atoms with E-state index >= 15 is 0 Å². The molecule has 1 atom stereocenters. The SMILES string of the molecule is CC(C)NCc1ccc(CS(=O)c2ccc(Cl)cc2)o1. The quantitative estimate of drug-likeness (QED) is 0.883. The van der Waals surface area contributed by atoms with Gasteiger partial charge in [0.1, 0.15) is 11.5 Å². The zero-order valence-electron chi connectivity index (χ0n) is 11.6. The third-order valence-corrected chi connectivity index (χ3v) is 4.35. The highest BCUT2D eigenvalue weighted by Gasteiger charge is 2.09. The average molecular weight is 312 g/mol. The minimum Gasteiger partial charge on any atom is -0.464 e. The van der Waals surface area contributed by atoms with Crippen LogP contribution >= 0.6 is 11.6 Å². The lowest BCUT2D eigenvalue weighted by Gasteiger charge is -2.05. The number of nitrogens with one attached hydrogen (secondary N) is 1. The van der Waals surface area contributed by atoms with E-state index in [2.05, 4.69) is 19.2 Å². The molecule has 0 amide bonds. The first-order chi connectivity index (χ1) is 9.54. The molecule has 0 fully saturated rings. The number of hydrogen-bond donors (Lipinski definition) is 1. The summed E-state index contributed by atoms with van der Waals surface area (Å²) in [7, 11) is -1.11. The fourth-order valence-electron chi connectivity index (χ4n) is 1.70. The van der Waals surface area contributed by atoms with Crippen LogP contribution in [-0.4, -0.2) is 10.3 Å². The Morgan fingerprint density at radius 2 is 1.80 bits per heavy atom. The number of rotatable bonds is 6. The molecule has 0 aliphatic heterocycles. The molecule has 1 heterocycles. The van der Waals surface area contributed by atoms with E-state index < -0.39 is 10.8 Å². The van der Waals surface area contributed by atoms with Gasteiger partial charge in [0, 0.05) is 16.0 Å². The minimum atomic E-state index is -1.11. The maximum Gasteiger partial charge on any atom is 0.118 e. The molecule has 1 aromatic carbocycles. The summed E-state index contributed by atoms with van der Waals surface area (Å²) in [6.45, 7) is 4.85. The highest BCUT2D eigenvalue weighted by molar-refractivity contribution is 7.84. The van der Waals surface area contributed by atoms with Crippen LogP contribution in [0.1, 0.15) is 25.4 Å². The standard InChI is InChI=1S/C15H18ClNO2S/c1-11(2)17-9-13-5-6-14(19-13)10-20(18)15-7-3-12(16)4-8-15/h3-8,11,17H,9-10H2,1-2H3. The summed E-state index contributed by atoms with van der Waals surface area (Å²) in [6.07, 6.45) is 0. The fourth-order valence-corrected chi connectivity index (χ4v) is 2.84. The van der Waals surface area contributed by atoms with Crippen LogP contribution in [0.2, 0.25) is 5.02 Å². The Morgan fingerprint density at radius 1 is 1.15 bits per heavy atom. The Hall–Kier alpha value is -1.10. The van der Waals surface area contributed by atoms with Gasteiger partial charge in [-0.15, -0.1) is 0 Å². The van der Waals surface area contributed by atoms with E-state index in [4.69, 9.17) is 16.0 Å². The van der Waals surface area contributed by atoms with E-state index in [1.165, 1.54) is 0 Å². The highest BCUT2D eigenvalue weighted by Crippen LogP contribution is 2.17. The predicted octanol–water partition coefficient (Wildman–Crippen LogP) is 3.74. The molecule has 0 radical (unpaired) electrons. The van der Waals surface area contributed by atoms with Gasteiger partial charge in [0.25, 0.3) is 0 Å². The normalized spacial score (nSPS) is 12.8. The smallest absolute Gasteiger partial charge is 0.118 e. The van der Waals surface area contributed by atoms with E-state index in [9.17, 15) is 4.21 Å². The van der Waals surface area contributed by atoms with Gasteiger partial charge >= 0.3 is 0 Å². The van der Waals surface area contributed by atoms with Crippen molar-refractivity contribution in [2.24, 2.45) is 0 Å². The van der Waals surface area contributed by atoms with Crippen molar-refractivity contribution in [1.82, 2.24) is 5.32 Å². The summed E-state index contributed by atoms with van der Waals surface area (Å²) in [5.41, 5.74) is 0. The van der Waals surface area contributed by atoms with Gasteiger partial charge in [-0.3, -0.25) is 4.21 Å². The van der Waals surface area contributed by atoms with Gasteiger partial charge < -0.3 is 9.73 Å². The first kappa shape index (κ1) is 15.3. The Bertz CT molecular complexity index is 578. The van der Waals surface area contributed by atoms with Crippen LogP contribution in [0.5, 0.6) is 0 Å². The molecule has 0 saturated carbocycles. The van der Waals surface area contributed by atoms with Crippen molar-refractivity contribution in [3.8, 4) is 0 Å². The van der Waals surface area contributed by atoms with Gasteiger partial charge in [0.15, 0.2) is 0 Å². The molecule has 0 saturated heterocycles. The molecule has 0 spiro atoms. The third kappa shape index (κ3) is 4.47. The lowest BCUT2D eigenvalue weighted by molar-refractivity contribution is 0.445. The van der Waals surface area contributed by atoms with Gasteiger partial charge in [-0.25, -0.2) is 0 Å². The van der Waals surface area contributed by atoms with E-state index in [1.807, 2.05) is 12.1 Å². The van der Waals surface area contributed by atoms with Gasteiger partial charge in [-0.1, -0.05) is 25.4 Å². The second kappa shape index (κ2) is 7.07. The van der Waals surface area contributed by atoms with E-state index in [0.717, 1.165) is 16.4 Å². The number of halogens is 1. The fraction of sp³-hybridized carbons (Fsp3) is 0.333. The number of hydrogen-bond acceptors (Lipinski definition) is 3. The summed E-state index contributed by atoms with van der Waals surface area (Å²) in [5.74, 6) is 1.98. The lowest BCUT2D eigenvalue weighted by atomic mass is 10.3. The first-order valence-electron chi connectivity index (χ1n) is 6.49. The van der Waals surface area contributed by atoms with E-state index in [-0.39, 0.29) is 0 Å². The first-order valence-corrected chi connectivity index (χ1v) is 8.19. The molecule has 2 rings (SSSR count). The van der Waals surface area contributed by atoms with Gasteiger partial charge in [-0.05, 0) is 36.4 Å². The molecule has 1 N–H and O–H groups in total. The van der Waals surface area contributed by atoms with Crippen molar-refractivity contribution in [3.63, 3.8) is 0 Å². The van der Waals surface area contributed by atoms with Crippen LogP contribution < -0.4 is 5.32 Å². The molecular weight excluding hydrogens is 294 g/mol. The summed E-state index contributed by atoms with van der Waals surface area (Å²) in [6, 6.07) is 11.3. The van der Waals surface area contributed by atoms with Crippen molar-refractivity contribution in [3.05, 3.63) is 52.9 Å². The molecule has 0 bridgehead atoms. The molecular formula is C15H18ClNO2S. The molecule has 1 aromatic heterocycles. The van der Waals surface area contributed by atoms with Crippen LogP contribution in [0.15, 0.2) is 45.7 Å². The summed E-state index contributed by atoms with van der Waals surface area (Å²) >= 11 is 5.82. The van der Waals surface area contributed by atoms with Crippen molar-refractivity contribution in [2.45, 2.75) is 37.1 Å². The largest absolute Gasteiger partial charge is 0.464 e. The topological polar surface area (TPSA) is 42.2 Å². The Balaban J connectivity index is 1.96. The van der Waals surface area contributed by atoms with E-state index in [1.54, 1.807) is 24.3 Å². The number of benzene rings is 1. The summed E-state index contributed by atoms with van der Waals surface area (Å²) in [4.78, 5) is 0.757. The van der Waals surface area contributed by atoms with Crippen LogP contribution in [-0.2, 0) is 23.1 Å². The van der Waals surface area contributed by atoms with Crippen molar-refractivity contribution in [1.29, 1.82) is 0 Å². The molecule has 1 unspecified atom stereocenters. The van der Waals surface area contributed by atoms with Crippen molar-refractivity contribution in [2.75, 3.05) is 0 Å². The molecule has 2 aromatic rings. The lowest BCUT2D eigenvalue weighted by Crippen LogP contribution is -2.21. The molecule has 5 heteroatoms. The monoisotopic (exact) mass is 311 g/mol. The highest BCUT2D eigenvalue weighted by atomic mass is 35.5. The Kier molecular flexibility index (Phi) is 5.40. The summed E-state index contributed by atoms with van der Waals surface area (Å²) < 4.78 is 17.9. The van der Waals surface area contributed by atoms with Crippen LogP contribution in [0.3, 0.4) is 0 Å². The third-order valence-electron chi connectivity index (χ3n) is 2.75. The molecule has 108 valence electrons. The molecule has 20 heavy (non-hydrogen) atoms. The van der Waals surface area contributed by atoms with Gasteiger partial charge in [0.2, 0.25) is 0 Å². The second-order valence-corrected chi connectivity index (χ2v) is 6.73. The van der Waals surface area contributed by atoms with Gasteiger partial charge in [-0.2, -0.15) is 0 Å². The second-order valence-electron chi connectivity index (χ2n) is 4.85. The Morgan fingerprint density at radius 3 is 2.45 bits per heavy atom. The predicted molar refractivity (Wildman–Crippen MR) is 82.2 cm³/mol. The zero-order valence-corrected chi connectivity index (χ0v) is 13.1. The maximum atomic E-state index is 12.2. The summed E-state index contributed by atoms with van der Waals surface area (Å²) in [5, 5.41) is 3.93. The molecule has 0 aliphatic rings. The van der Waals surface area contributed by atoms with Crippen molar-refractivity contribution >= 4 is 22.4 Å². The zero-order chi connectivity index (χ0) is 14.5. The Labute approximate surface area is 126 Å². The van der Waals surface area contributed by atoms with Crippen LogP contribution in [0.25, 0.3) is 0 Å². The molecule has 0 aliphatic carbocycles. The maximum absolute atomic E-state index is 12.2. The van der Waals surface area contributed by atoms with Crippen molar-refractivity contribution < 1.29 is 8.63 Å². The van der Waals surface area contributed by atoms with Crippen LogP contribution in [0.4, 0.5) is 0 Å². The van der Waals surface area contributed by atoms with Crippen LogP contribution in [0, 0.1) is 0 Å². The molecule has 3 nitrogen and oxygen atoms in total.